The molecule has 0 saturated heterocycles. The molecule has 0 aliphatic heterocycles. The number of aromatic nitrogens is 1. The van der Waals surface area contributed by atoms with E-state index in [1.165, 1.54) is 24.5 Å². The van der Waals surface area contributed by atoms with Crippen LogP contribution in [0.3, 0.4) is 0 Å². The van der Waals surface area contributed by atoms with Crippen LogP contribution in [0.25, 0.3) is 0 Å². The second-order valence-electron chi connectivity index (χ2n) is 3.01. The normalized spacial score (nSPS) is 12.1. The Labute approximate surface area is 91.1 Å². The minimum absolute atomic E-state index is 0.387. The lowest BCUT2D eigenvalue weighted by atomic mass is 10.3. The smallest absolute Gasteiger partial charge is 0.325 e. The average molecular weight is 228 g/mol. The van der Waals surface area contributed by atoms with Gasteiger partial charge in [0.1, 0.15) is 10.9 Å². The Morgan fingerprint density at radius 2 is 2.33 bits per heavy atom. The third kappa shape index (κ3) is 3.02. The maximum atomic E-state index is 11.5. The van der Waals surface area contributed by atoms with E-state index >= 15 is 0 Å². The number of hydrogen-bond acceptors (Lipinski definition) is 4. The molecule has 0 bridgehead atoms. The molecule has 0 spiro atoms. The molecule has 1 unspecified atom stereocenters. The second-order valence-corrected chi connectivity index (χ2v) is 4.12. The molecule has 82 valence electrons. The summed E-state index contributed by atoms with van der Waals surface area (Å²) < 4.78 is 0. The van der Waals surface area contributed by atoms with Crippen molar-refractivity contribution in [2.75, 3.05) is 0 Å². The number of aryl methyl sites for hydroxylation is 1. The fourth-order valence-corrected chi connectivity index (χ4v) is 1.67. The van der Waals surface area contributed by atoms with Crippen LogP contribution in [-0.4, -0.2) is 28.0 Å². The Balaban J connectivity index is 2.65. The maximum Gasteiger partial charge on any atom is 0.325 e. The number of aliphatic carboxylic acids is 1. The van der Waals surface area contributed by atoms with E-state index in [2.05, 4.69) is 10.3 Å². The first-order chi connectivity index (χ1) is 7.04. The van der Waals surface area contributed by atoms with Gasteiger partial charge in [-0.05, 0) is 13.3 Å². The fraction of sp³-hybridized carbons (Fsp3) is 0.444. The minimum Gasteiger partial charge on any atom is -0.480 e. The van der Waals surface area contributed by atoms with E-state index in [1.54, 1.807) is 0 Å². The summed E-state index contributed by atoms with van der Waals surface area (Å²) in [5.74, 6) is -1.44. The van der Waals surface area contributed by atoms with Crippen LogP contribution in [0.4, 0.5) is 0 Å². The van der Waals surface area contributed by atoms with Crippen molar-refractivity contribution in [2.24, 2.45) is 0 Å². The lowest BCUT2D eigenvalue weighted by Crippen LogP contribution is -2.37. The molecule has 1 heterocycles. The van der Waals surface area contributed by atoms with Crippen LogP contribution < -0.4 is 5.32 Å². The summed E-state index contributed by atoms with van der Waals surface area (Å²) in [6.07, 6.45) is 2.24. The average Bonchev–Trinajstić information content (AvgIpc) is 2.65. The molecular formula is C9H12N2O3S. The van der Waals surface area contributed by atoms with Crippen molar-refractivity contribution >= 4 is 23.2 Å². The summed E-state index contributed by atoms with van der Waals surface area (Å²) in [6, 6.07) is -0.885. The zero-order valence-electron chi connectivity index (χ0n) is 8.48. The summed E-state index contributed by atoms with van der Waals surface area (Å²) in [5.41, 5.74) is 0. The largest absolute Gasteiger partial charge is 0.480 e. The summed E-state index contributed by atoms with van der Waals surface area (Å²) in [5, 5.41) is 11.8. The first kappa shape index (κ1) is 11.6. The van der Waals surface area contributed by atoms with Crippen LogP contribution in [-0.2, 0) is 11.2 Å². The Hall–Kier alpha value is -1.43. The number of carbonyl (C=O) groups excluding carboxylic acids is 1. The summed E-state index contributed by atoms with van der Waals surface area (Å²) >= 11 is 1.28. The molecule has 15 heavy (non-hydrogen) atoms. The fourth-order valence-electron chi connectivity index (χ4n) is 0.908. The van der Waals surface area contributed by atoms with Crippen molar-refractivity contribution in [2.45, 2.75) is 26.3 Å². The lowest BCUT2D eigenvalue weighted by Gasteiger charge is -2.06. The number of hydrogen-bond donors (Lipinski definition) is 2. The van der Waals surface area contributed by atoms with Gasteiger partial charge in [-0.2, -0.15) is 0 Å². The highest BCUT2D eigenvalue weighted by Crippen LogP contribution is 2.13. The molecule has 0 aromatic carbocycles. The van der Waals surface area contributed by atoms with Crippen molar-refractivity contribution in [3.63, 3.8) is 0 Å². The van der Waals surface area contributed by atoms with Gasteiger partial charge in [-0.25, -0.2) is 4.98 Å². The van der Waals surface area contributed by atoms with Crippen LogP contribution in [0.1, 0.15) is 28.5 Å². The van der Waals surface area contributed by atoms with Gasteiger partial charge in [0.15, 0.2) is 0 Å². The highest BCUT2D eigenvalue weighted by molar-refractivity contribution is 7.13. The number of carbonyl (C=O) groups is 2. The van der Waals surface area contributed by atoms with Crippen molar-refractivity contribution < 1.29 is 14.7 Å². The van der Waals surface area contributed by atoms with Gasteiger partial charge >= 0.3 is 5.97 Å². The Morgan fingerprint density at radius 1 is 1.67 bits per heavy atom. The molecule has 1 rings (SSSR count). The van der Waals surface area contributed by atoms with Gasteiger partial charge in [0.05, 0.1) is 11.2 Å². The van der Waals surface area contributed by atoms with Crippen LogP contribution in [0.2, 0.25) is 0 Å². The standard InChI is InChI=1S/C9H12N2O3S/c1-3-7-10-4-6(15-7)8(12)11-5(2)9(13)14/h4-5H,3H2,1-2H3,(H,11,12)(H,13,14). The molecule has 0 aliphatic rings. The third-order valence-corrected chi connectivity index (χ3v) is 2.94. The predicted molar refractivity (Wildman–Crippen MR) is 56.1 cm³/mol. The number of carboxylic acids is 1. The zero-order chi connectivity index (χ0) is 11.4. The van der Waals surface area contributed by atoms with E-state index in [-0.39, 0.29) is 5.91 Å². The number of carboxylic acid groups (broad SMARTS) is 1. The number of rotatable bonds is 4. The SMILES string of the molecule is CCc1ncc(C(=O)NC(C)C(=O)O)s1. The topological polar surface area (TPSA) is 79.3 Å². The number of nitrogens with one attached hydrogen (secondary N) is 1. The minimum atomic E-state index is -1.05. The predicted octanol–water partition coefficient (Wildman–Crippen LogP) is 0.908. The molecule has 0 radical (unpaired) electrons. The van der Waals surface area contributed by atoms with Crippen LogP contribution in [0.5, 0.6) is 0 Å². The molecule has 5 nitrogen and oxygen atoms in total. The van der Waals surface area contributed by atoms with Crippen molar-refractivity contribution in [3.8, 4) is 0 Å². The number of thiazole rings is 1. The molecule has 0 saturated carbocycles. The summed E-state index contributed by atoms with van der Waals surface area (Å²) in [7, 11) is 0. The highest BCUT2D eigenvalue weighted by atomic mass is 32.1. The molecular weight excluding hydrogens is 216 g/mol. The molecule has 1 aromatic heterocycles. The molecule has 1 atom stereocenters. The van der Waals surface area contributed by atoms with Gasteiger partial charge in [-0.3, -0.25) is 9.59 Å². The monoisotopic (exact) mass is 228 g/mol. The van der Waals surface area contributed by atoms with Gasteiger partial charge in [0.2, 0.25) is 0 Å². The molecule has 0 fully saturated rings. The quantitative estimate of drug-likeness (QED) is 0.802. The molecule has 2 N–H and O–H groups in total. The number of nitrogens with zero attached hydrogens (tertiary/aromatic N) is 1. The van der Waals surface area contributed by atoms with Gasteiger partial charge in [0, 0.05) is 0 Å². The van der Waals surface area contributed by atoms with Crippen molar-refractivity contribution in [1.29, 1.82) is 0 Å². The van der Waals surface area contributed by atoms with Gasteiger partial charge < -0.3 is 10.4 Å². The van der Waals surface area contributed by atoms with Crippen molar-refractivity contribution in [1.82, 2.24) is 10.3 Å². The number of amides is 1. The van der Waals surface area contributed by atoms with Crippen molar-refractivity contribution in [3.05, 3.63) is 16.1 Å². The molecule has 0 aliphatic carbocycles. The maximum absolute atomic E-state index is 11.5. The zero-order valence-corrected chi connectivity index (χ0v) is 9.30. The summed E-state index contributed by atoms with van der Waals surface area (Å²) in [6.45, 7) is 3.36. The van der Waals surface area contributed by atoms with Crippen LogP contribution >= 0.6 is 11.3 Å². The Kier molecular flexibility index (Phi) is 3.79. The first-order valence-electron chi connectivity index (χ1n) is 4.53. The second kappa shape index (κ2) is 4.88. The Morgan fingerprint density at radius 3 is 2.80 bits per heavy atom. The van der Waals surface area contributed by atoms with E-state index < -0.39 is 12.0 Å². The molecule has 1 aromatic rings. The van der Waals surface area contributed by atoms with E-state index in [0.29, 0.717) is 4.88 Å². The van der Waals surface area contributed by atoms with E-state index in [0.717, 1.165) is 11.4 Å². The van der Waals surface area contributed by atoms with E-state index in [4.69, 9.17) is 5.11 Å². The van der Waals surface area contributed by atoms with E-state index in [9.17, 15) is 9.59 Å². The molecule has 1 amide bonds. The highest BCUT2D eigenvalue weighted by Gasteiger charge is 2.16. The van der Waals surface area contributed by atoms with E-state index in [1.807, 2.05) is 6.92 Å². The van der Waals surface area contributed by atoms with Gasteiger partial charge in [-0.1, -0.05) is 6.92 Å². The van der Waals surface area contributed by atoms with Gasteiger partial charge in [0.25, 0.3) is 5.91 Å². The van der Waals surface area contributed by atoms with Crippen LogP contribution in [0.15, 0.2) is 6.20 Å². The Bertz CT molecular complexity index is 375. The molecule has 6 heteroatoms. The first-order valence-corrected chi connectivity index (χ1v) is 5.34. The third-order valence-electron chi connectivity index (χ3n) is 1.80. The lowest BCUT2D eigenvalue weighted by molar-refractivity contribution is -0.138. The van der Waals surface area contributed by atoms with Gasteiger partial charge in [-0.15, -0.1) is 11.3 Å². The summed E-state index contributed by atoms with van der Waals surface area (Å²) in [4.78, 5) is 26.4. The van der Waals surface area contributed by atoms with Crippen LogP contribution in [0, 0.1) is 0 Å².